The van der Waals surface area contributed by atoms with Crippen LogP contribution < -0.4 is 0 Å². The molecule has 0 unspecified atom stereocenters. The van der Waals surface area contributed by atoms with Crippen molar-refractivity contribution in [2.75, 3.05) is 0 Å². The van der Waals surface area contributed by atoms with Crippen molar-refractivity contribution in [1.29, 1.82) is 0 Å². The number of aromatic nitrogens is 4. The van der Waals surface area contributed by atoms with Gasteiger partial charge in [0.05, 0.1) is 26.3 Å². The summed E-state index contributed by atoms with van der Waals surface area (Å²) in [6, 6.07) is 38.1. The van der Waals surface area contributed by atoms with Gasteiger partial charge in [-0.25, -0.2) is 15.0 Å². The molecular formula is C45H28N4O. The minimum absolute atomic E-state index is 0.00719. The van der Waals surface area contributed by atoms with E-state index in [9.17, 15) is 1.37 Å². The first kappa shape index (κ1) is 21.9. The number of benzene rings is 7. The lowest BCUT2D eigenvalue weighted by molar-refractivity contribution is 0.670. The van der Waals surface area contributed by atoms with E-state index < -0.39 is 24.2 Å². The molecule has 0 aliphatic rings. The number of para-hydroxylation sites is 4. The normalized spacial score (nSPS) is 13.6. The molecule has 0 amide bonds. The van der Waals surface area contributed by atoms with Crippen molar-refractivity contribution < 1.29 is 14.0 Å². The molecule has 3 aromatic heterocycles. The smallest absolute Gasteiger partial charge is 0.164 e. The summed E-state index contributed by atoms with van der Waals surface area (Å²) in [5, 5.41) is 2.03. The number of furan rings is 1. The molecule has 10 rings (SSSR count). The number of nitrogens with zero attached hydrogens (tertiary/aromatic N) is 4. The van der Waals surface area contributed by atoms with Gasteiger partial charge in [-0.1, -0.05) is 133 Å². The van der Waals surface area contributed by atoms with Gasteiger partial charge in [0.2, 0.25) is 0 Å². The maximum atomic E-state index is 9.45. The average molecular weight is 648 g/mol. The van der Waals surface area contributed by atoms with Crippen LogP contribution >= 0.6 is 0 Å². The number of hydrogen-bond acceptors (Lipinski definition) is 4. The Kier molecular flexibility index (Phi) is 4.99. The summed E-state index contributed by atoms with van der Waals surface area (Å²) in [7, 11) is 0. The average Bonchev–Trinajstić information content (AvgIpc) is 3.82. The lowest BCUT2D eigenvalue weighted by Crippen LogP contribution is -2.02. The molecule has 3 heterocycles. The zero-order valence-electron chi connectivity index (χ0n) is 33.3. The predicted molar refractivity (Wildman–Crippen MR) is 203 cm³/mol. The van der Waals surface area contributed by atoms with Gasteiger partial charge in [-0.3, -0.25) is 0 Å². The van der Waals surface area contributed by atoms with Crippen molar-refractivity contribution in [2.24, 2.45) is 0 Å². The van der Waals surface area contributed by atoms with Crippen LogP contribution in [-0.4, -0.2) is 19.5 Å². The molecule has 50 heavy (non-hydrogen) atoms. The Balaban J connectivity index is 1.35. The Labute approximate surface area is 297 Å². The van der Waals surface area contributed by atoms with E-state index in [0.29, 0.717) is 34.3 Å². The topological polar surface area (TPSA) is 56.7 Å². The minimum atomic E-state index is -0.483. The first-order valence-corrected chi connectivity index (χ1v) is 16.1. The highest BCUT2D eigenvalue weighted by Gasteiger charge is 2.21. The molecule has 10 aromatic rings. The monoisotopic (exact) mass is 647 g/mol. The Morgan fingerprint density at radius 2 is 1.02 bits per heavy atom. The molecule has 0 bridgehead atoms. The summed E-state index contributed by atoms with van der Waals surface area (Å²) in [5.74, 6) is 1.28. The van der Waals surface area contributed by atoms with Crippen LogP contribution in [0.3, 0.4) is 0 Å². The van der Waals surface area contributed by atoms with Crippen LogP contribution in [0.5, 0.6) is 0 Å². The van der Waals surface area contributed by atoms with Crippen LogP contribution in [0.1, 0.15) is 9.60 Å². The molecule has 5 nitrogen and oxygen atoms in total. The molecule has 0 N–H and O–H groups in total. The van der Waals surface area contributed by atoms with Gasteiger partial charge in [-0.05, 0) is 36.4 Å². The maximum Gasteiger partial charge on any atom is 0.164 e. The Morgan fingerprint density at radius 1 is 0.460 bits per heavy atom. The van der Waals surface area contributed by atoms with Crippen molar-refractivity contribution in [3.05, 3.63) is 170 Å². The van der Waals surface area contributed by atoms with Crippen LogP contribution in [0, 0.1) is 0 Å². The molecule has 0 saturated carbocycles. The van der Waals surface area contributed by atoms with Gasteiger partial charge in [-0.15, -0.1) is 0 Å². The first-order chi connectivity index (χ1) is 27.7. The largest absolute Gasteiger partial charge is 0.455 e. The molecule has 0 spiro atoms. The lowest BCUT2D eigenvalue weighted by Gasteiger charge is -2.16. The summed E-state index contributed by atoms with van der Waals surface area (Å²) in [6.07, 6.45) is 0. The molecule has 0 aliphatic carbocycles. The van der Waals surface area contributed by atoms with E-state index >= 15 is 0 Å². The van der Waals surface area contributed by atoms with Crippen molar-refractivity contribution >= 4 is 43.7 Å². The molecular weight excluding hydrogens is 613 g/mol. The fourth-order valence-electron chi connectivity index (χ4n) is 6.71. The summed E-state index contributed by atoms with van der Waals surface area (Å²) >= 11 is 0. The fraction of sp³-hybridized carbons (Fsp3) is 0. The standard InChI is InChI=1S/C45H28N4O/c1-3-14-29(15-4-1)43-46-44(30-16-5-2-6-17-30)48-45(47-43)31-26-27-40(49-38-23-10-7-18-32(38)33-19-8-11-24-39(33)49)37(28-31)36-22-13-21-35-34-20-9-12-25-41(34)50-42(35)36/h1-28H/i9D,12D,13D,20D,21D,22D,25D. The van der Waals surface area contributed by atoms with Crippen molar-refractivity contribution in [3.63, 3.8) is 0 Å². The molecule has 234 valence electrons. The highest BCUT2D eigenvalue weighted by atomic mass is 16.3. The molecule has 0 aliphatic heterocycles. The molecule has 5 heteroatoms. The van der Waals surface area contributed by atoms with Crippen LogP contribution in [0.15, 0.2) is 174 Å². The van der Waals surface area contributed by atoms with Crippen molar-refractivity contribution in [2.45, 2.75) is 0 Å². The number of rotatable bonds is 5. The second kappa shape index (κ2) is 11.4. The Morgan fingerprint density at radius 3 is 1.68 bits per heavy atom. The van der Waals surface area contributed by atoms with Crippen molar-refractivity contribution in [1.82, 2.24) is 19.5 Å². The lowest BCUT2D eigenvalue weighted by atomic mass is 9.98. The van der Waals surface area contributed by atoms with Gasteiger partial charge >= 0.3 is 0 Å². The van der Waals surface area contributed by atoms with E-state index in [1.165, 1.54) is 0 Å². The quantitative estimate of drug-likeness (QED) is 0.186. The molecule has 0 atom stereocenters. The number of hydrogen-bond donors (Lipinski definition) is 0. The minimum Gasteiger partial charge on any atom is -0.455 e. The van der Waals surface area contributed by atoms with E-state index in [2.05, 4.69) is 16.7 Å². The van der Waals surface area contributed by atoms with Crippen LogP contribution in [-0.2, 0) is 0 Å². The summed E-state index contributed by atoms with van der Waals surface area (Å²) in [5.41, 5.74) is 5.02. The van der Waals surface area contributed by atoms with Crippen LogP contribution in [0.4, 0.5) is 0 Å². The van der Waals surface area contributed by atoms with Crippen LogP contribution in [0.25, 0.3) is 94.7 Å². The summed E-state index contributed by atoms with van der Waals surface area (Å²) in [4.78, 5) is 14.8. The SMILES string of the molecule is [2H]c1c([2H])c([2H])c2c(oc3c(-c4cc(-c5nc(-c6ccccc6)nc(-c6ccccc6)n5)ccc4-n4c5ccccc5c5ccccc54)c([2H])c([2H])c([2H])c32)c1[2H]. The first-order valence-electron chi connectivity index (χ1n) is 19.6. The Bertz CT molecular complexity index is 3160. The van der Waals surface area contributed by atoms with E-state index in [1.54, 1.807) is 0 Å². The second-order valence-corrected chi connectivity index (χ2v) is 11.9. The molecule has 0 radical (unpaired) electrons. The maximum absolute atomic E-state index is 9.45. The van der Waals surface area contributed by atoms with E-state index in [0.717, 1.165) is 32.9 Å². The van der Waals surface area contributed by atoms with Gasteiger partial charge in [0.25, 0.3) is 0 Å². The van der Waals surface area contributed by atoms with Crippen LogP contribution in [0.2, 0.25) is 0 Å². The van der Waals surface area contributed by atoms with Gasteiger partial charge in [0, 0.05) is 49.4 Å². The van der Waals surface area contributed by atoms with Gasteiger partial charge in [0.1, 0.15) is 11.2 Å². The zero-order chi connectivity index (χ0) is 39.1. The highest BCUT2D eigenvalue weighted by Crippen LogP contribution is 2.42. The third kappa shape index (κ3) is 4.52. The third-order valence-electron chi connectivity index (χ3n) is 8.98. The second-order valence-electron chi connectivity index (χ2n) is 11.9. The molecule has 7 aromatic carbocycles. The van der Waals surface area contributed by atoms with Crippen molar-refractivity contribution in [3.8, 4) is 51.0 Å². The third-order valence-corrected chi connectivity index (χ3v) is 8.98. The van der Waals surface area contributed by atoms with Gasteiger partial charge in [-0.2, -0.15) is 0 Å². The Hall–Kier alpha value is -6.85. The van der Waals surface area contributed by atoms with Gasteiger partial charge < -0.3 is 8.98 Å². The van der Waals surface area contributed by atoms with E-state index in [4.69, 9.17) is 27.6 Å². The summed E-state index contributed by atoms with van der Waals surface area (Å²) in [6.45, 7) is 0. The van der Waals surface area contributed by atoms with E-state index in [1.807, 2.05) is 115 Å². The van der Waals surface area contributed by atoms with E-state index in [-0.39, 0.29) is 45.6 Å². The zero-order valence-corrected chi connectivity index (χ0v) is 26.3. The predicted octanol–water partition coefficient (Wildman–Crippen LogP) is 11.5. The summed E-state index contributed by atoms with van der Waals surface area (Å²) < 4.78 is 70.3. The fourth-order valence-corrected chi connectivity index (χ4v) is 6.71. The van der Waals surface area contributed by atoms with Gasteiger partial charge in [0.15, 0.2) is 17.5 Å². The number of fused-ring (bicyclic) bond motifs is 6. The highest BCUT2D eigenvalue weighted by molar-refractivity contribution is 6.12. The molecule has 0 fully saturated rings. The molecule has 0 saturated heterocycles.